The molecule has 0 radical (unpaired) electrons. The van der Waals surface area contributed by atoms with Crippen molar-refractivity contribution >= 4 is 81.3 Å². The fourth-order valence-corrected chi connectivity index (χ4v) is 9.62. The monoisotopic (exact) mass is 719 g/mol. The van der Waals surface area contributed by atoms with Crippen molar-refractivity contribution in [3.05, 3.63) is 200 Å². The van der Waals surface area contributed by atoms with E-state index in [2.05, 4.69) is 199 Å². The molecule has 3 heteroatoms. The molecule has 11 aromatic rings. The molecule has 0 aliphatic rings. The van der Waals surface area contributed by atoms with Gasteiger partial charge in [0.1, 0.15) is 11.2 Å². The van der Waals surface area contributed by atoms with Gasteiger partial charge < -0.3 is 9.32 Å². The van der Waals surface area contributed by atoms with Crippen molar-refractivity contribution in [3.63, 3.8) is 0 Å². The average molecular weight is 720 g/mol. The standard InChI is InChI=1S/C52H33NOS/c1-2-18-35-34(16-1)17-13-25-36(35)37-19-3-4-20-38(37)39-21-5-9-28-45(39)53(47-30-15-33-50-51(47)44-24-8-12-32-49(44)55-50)46-29-10-6-22-40(46)42-26-14-27-43-41-23-7-11-31-48(41)54-52(42)43/h1-33H. The van der Waals surface area contributed by atoms with E-state index in [4.69, 9.17) is 4.42 Å². The molecule has 2 heterocycles. The zero-order chi connectivity index (χ0) is 36.3. The number of rotatable bonds is 6. The lowest BCUT2D eigenvalue weighted by Gasteiger charge is -2.31. The lowest BCUT2D eigenvalue weighted by atomic mass is 9.90. The molecule has 0 fully saturated rings. The molecule has 2 nitrogen and oxygen atoms in total. The van der Waals surface area contributed by atoms with Crippen LogP contribution in [-0.4, -0.2) is 0 Å². The second-order valence-corrected chi connectivity index (χ2v) is 15.1. The van der Waals surface area contributed by atoms with Crippen molar-refractivity contribution < 1.29 is 4.42 Å². The number of benzene rings is 9. The van der Waals surface area contributed by atoms with Crippen LogP contribution in [0.25, 0.3) is 86.3 Å². The third-order valence-electron chi connectivity index (χ3n) is 10.9. The Balaban J connectivity index is 1.22. The maximum atomic E-state index is 6.68. The largest absolute Gasteiger partial charge is 0.455 e. The minimum Gasteiger partial charge on any atom is -0.455 e. The van der Waals surface area contributed by atoms with E-state index in [0.717, 1.165) is 55.7 Å². The van der Waals surface area contributed by atoms with Crippen LogP contribution in [0.1, 0.15) is 0 Å². The quantitative estimate of drug-likeness (QED) is 0.170. The predicted molar refractivity (Wildman–Crippen MR) is 235 cm³/mol. The second kappa shape index (κ2) is 12.9. The molecule has 0 saturated heterocycles. The molecule has 0 spiro atoms. The van der Waals surface area contributed by atoms with Gasteiger partial charge in [-0.2, -0.15) is 0 Å². The second-order valence-electron chi connectivity index (χ2n) is 14.0. The van der Waals surface area contributed by atoms with E-state index in [1.54, 1.807) is 0 Å². The first-order chi connectivity index (χ1) is 27.3. The third-order valence-corrected chi connectivity index (χ3v) is 12.0. The Labute approximate surface area is 322 Å². The van der Waals surface area contributed by atoms with Crippen LogP contribution in [-0.2, 0) is 0 Å². The fraction of sp³-hybridized carbons (Fsp3) is 0. The molecule has 2 aromatic heterocycles. The molecule has 0 bridgehead atoms. The minimum atomic E-state index is 0.893. The minimum absolute atomic E-state index is 0.893. The van der Waals surface area contributed by atoms with Gasteiger partial charge in [0, 0.05) is 47.6 Å². The number of hydrogen-bond acceptors (Lipinski definition) is 3. The van der Waals surface area contributed by atoms with Gasteiger partial charge in [-0.1, -0.05) is 164 Å². The first kappa shape index (κ1) is 31.6. The van der Waals surface area contributed by atoms with Gasteiger partial charge in [-0.25, -0.2) is 0 Å². The molecule has 0 unspecified atom stereocenters. The summed E-state index contributed by atoms with van der Waals surface area (Å²) >= 11 is 1.85. The summed E-state index contributed by atoms with van der Waals surface area (Å²) in [6.07, 6.45) is 0. The SMILES string of the molecule is c1ccc(-c2cccc3ccccc23)c(-c2ccccc2N(c2ccccc2-c2cccc3c2oc2ccccc23)c2cccc3sc4ccccc4c23)c1. The number of nitrogens with zero attached hydrogens (tertiary/aromatic N) is 1. The molecule has 258 valence electrons. The highest BCUT2D eigenvalue weighted by atomic mass is 32.1. The highest BCUT2D eigenvalue weighted by molar-refractivity contribution is 7.26. The van der Waals surface area contributed by atoms with Gasteiger partial charge in [0.05, 0.1) is 17.1 Å². The van der Waals surface area contributed by atoms with E-state index in [9.17, 15) is 0 Å². The van der Waals surface area contributed by atoms with Crippen molar-refractivity contribution in [1.29, 1.82) is 0 Å². The van der Waals surface area contributed by atoms with Crippen LogP contribution in [0, 0.1) is 0 Å². The van der Waals surface area contributed by atoms with E-state index < -0.39 is 0 Å². The molecule has 0 amide bonds. The molecule has 55 heavy (non-hydrogen) atoms. The lowest BCUT2D eigenvalue weighted by Crippen LogP contribution is -2.13. The summed E-state index contributed by atoms with van der Waals surface area (Å²) in [6, 6.07) is 72.2. The number of para-hydroxylation sites is 4. The molecular weight excluding hydrogens is 687 g/mol. The molecule has 11 rings (SSSR count). The van der Waals surface area contributed by atoms with Crippen molar-refractivity contribution in [2.45, 2.75) is 0 Å². The summed E-state index contributed by atoms with van der Waals surface area (Å²) < 4.78 is 9.21. The summed E-state index contributed by atoms with van der Waals surface area (Å²) in [5.41, 5.74) is 12.0. The van der Waals surface area contributed by atoms with Crippen LogP contribution in [0.4, 0.5) is 17.1 Å². The highest BCUT2D eigenvalue weighted by Gasteiger charge is 2.25. The molecule has 0 aliphatic carbocycles. The van der Waals surface area contributed by atoms with Crippen molar-refractivity contribution in [2.75, 3.05) is 4.90 Å². The van der Waals surface area contributed by atoms with Crippen LogP contribution >= 0.6 is 11.3 Å². The molecule has 0 atom stereocenters. The molecule has 9 aromatic carbocycles. The maximum absolute atomic E-state index is 6.68. The summed E-state index contributed by atoms with van der Waals surface area (Å²) in [5.74, 6) is 0. The zero-order valence-electron chi connectivity index (χ0n) is 29.8. The molecule has 0 saturated carbocycles. The summed E-state index contributed by atoms with van der Waals surface area (Å²) in [5, 5.41) is 7.22. The number of fused-ring (bicyclic) bond motifs is 7. The van der Waals surface area contributed by atoms with E-state index in [-0.39, 0.29) is 0 Å². The van der Waals surface area contributed by atoms with Gasteiger partial charge in [0.15, 0.2) is 0 Å². The zero-order valence-corrected chi connectivity index (χ0v) is 30.6. The van der Waals surface area contributed by atoms with E-state index in [1.807, 2.05) is 17.4 Å². The van der Waals surface area contributed by atoms with Crippen LogP contribution in [0.2, 0.25) is 0 Å². The molecule has 0 aliphatic heterocycles. The molecular formula is C52H33NOS. The Kier molecular flexibility index (Phi) is 7.39. The average Bonchev–Trinajstić information content (AvgIpc) is 3.83. The van der Waals surface area contributed by atoms with E-state index >= 15 is 0 Å². The Bertz CT molecular complexity index is 3240. The summed E-state index contributed by atoms with van der Waals surface area (Å²) in [4.78, 5) is 2.49. The van der Waals surface area contributed by atoms with Crippen molar-refractivity contribution in [3.8, 4) is 33.4 Å². The maximum Gasteiger partial charge on any atom is 0.143 e. The van der Waals surface area contributed by atoms with Gasteiger partial charge in [0.2, 0.25) is 0 Å². The van der Waals surface area contributed by atoms with Gasteiger partial charge in [-0.3, -0.25) is 0 Å². The fourth-order valence-electron chi connectivity index (χ4n) is 8.50. The van der Waals surface area contributed by atoms with Crippen molar-refractivity contribution in [1.82, 2.24) is 0 Å². The van der Waals surface area contributed by atoms with E-state index in [0.29, 0.717) is 0 Å². The topological polar surface area (TPSA) is 16.4 Å². The lowest BCUT2D eigenvalue weighted by molar-refractivity contribution is 0.670. The van der Waals surface area contributed by atoms with Crippen LogP contribution in [0.3, 0.4) is 0 Å². The number of thiophene rings is 1. The van der Waals surface area contributed by atoms with Gasteiger partial charge in [0.25, 0.3) is 0 Å². The van der Waals surface area contributed by atoms with Gasteiger partial charge in [-0.15, -0.1) is 11.3 Å². The number of furan rings is 1. The first-order valence-corrected chi connectivity index (χ1v) is 19.5. The predicted octanol–water partition coefficient (Wildman–Crippen LogP) is 15.6. The third kappa shape index (κ3) is 5.09. The first-order valence-electron chi connectivity index (χ1n) is 18.7. The highest BCUT2D eigenvalue weighted by Crippen LogP contribution is 2.51. The van der Waals surface area contributed by atoms with Gasteiger partial charge >= 0.3 is 0 Å². The Hall–Kier alpha value is -6.94. The Morgan fingerprint density at radius 2 is 0.818 bits per heavy atom. The van der Waals surface area contributed by atoms with E-state index in [1.165, 1.54) is 47.6 Å². The Morgan fingerprint density at radius 1 is 0.327 bits per heavy atom. The number of hydrogen-bond donors (Lipinski definition) is 0. The normalized spacial score (nSPS) is 11.6. The molecule has 0 N–H and O–H groups in total. The van der Waals surface area contributed by atoms with Crippen LogP contribution in [0.15, 0.2) is 205 Å². The smallest absolute Gasteiger partial charge is 0.143 e. The summed E-state index contributed by atoms with van der Waals surface area (Å²) in [7, 11) is 0. The van der Waals surface area contributed by atoms with Crippen LogP contribution in [0.5, 0.6) is 0 Å². The summed E-state index contributed by atoms with van der Waals surface area (Å²) in [6.45, 7) is 0. The Morgan fingerprint density at radius 3 is 1.64 bits per heavy atom. The van der Waals surface area contributed by atoms with Crippen molar-refractivity contribution in [2.24, 2.45) is 0 Å². The number of anilines is 3. The van der Waals surface area contributed by atoms with Gasteiger partial charge in [-0.05, 0) is 63.9 Å². The van der Waals surface area contributed by atoms with Crippen LogP contribution < -0.4 is 4.90 Å².